The zero-order valence-electron chi connectivity index (χ0n) is 12.1. The van der Waals surface area contributed by atoms with Gasteiger partial charge in [0.05, 0.1) is 12.5 Å². The summed E-state index contributed by atoms with van der Waals surface area (Å²) in [6.07, 6.45) is 0. The average Bonchev–Trinajstić information content (AvgIpc) is 2.43. The highest BCUT2D eigenvalue weighted by Gasteiger charge is 2.17. The molecule has 0 fully saturated rings. The SMILES string of the molecule is COc1cc(C)c(Br)cc1C(Cl)c1ccc(C)c(C)c1. The number of aryl methyl sites for hydroxylation is 3. The van der Waals surface area contributed by atoms with E-state index in [0.29, 0.717) is 0 Å². The highest BCUT2D eigenvalue weighted by molar-refractivity contribution is 9.10. The summed E-state index contributed by atoms with van der Waals surface area (Å²) in [6.45, 7) is 6.24. The van der Waals surface area contributed by atoms with Crippen molar-refractivity contribution in [1.29, 1.82) is 0 Å². The van der Waals surface area contributed by atoms with Crippen molar-refractivity contribution >= 4 is 27.5 Å². The van der Waals surface area contributed by atoms with E-state index in [9.17, 15) is 0 Å². The van der Waals surface area contributed by atoms with Gasteiger partial charge in [0.1, 0.15) is 5.75 Å². The Hall–Kier alpha value is -0.990. The second-order valence-electron chi connectivity index (χ2n) is 5.05. The smallest absolute Gasteiger partial charge is 0.124 e. The number of hydrogen-bond donors (Lipinski definition) is 0. The summed E-state index contributed by atoms with van der Waals surface area (Å²) in [5.74, 6) is 0.823. The van der Waals surface area contributed by atoms with E-state index in [0.717, 1.165) is 26.9 Å². The van der Waals surface area contributed by atoms with Crippen LogP contribution in [-0.4, -0.2) is 7.11 Å². The number of halogens is 2. The van der Waals surface area contributed by atoms with Crippen LogP contribution < -0.4 is 4.74 Å². The molecule has 3 heteroatoms. The summed E-state index contributed by atoms with van der Waals surface area (Å²) in [4.78, 5) is 0. The normalized spacial score (nSPS) is 12.3. The van der Waals surface area contributed by atoms with E-state index in [1.165, 1.54) is 11.1 Å². The van der Waals surface area contributed by atoms with Crippen molar-refractivity contribution in [2.24, 2.45) is 0 Å². The lowest BCUT2D eigenvalue weighted by atomic mass is 9.98. The van der Waals surface area contributed by atoms with Crippen LogP contribution in [0.5, 0.6) is 5.75 Å². The lowest BCUT2D eigenvalue weighted by Crippen LogP contribution is -1.99. The van der Waals surface area contributed by atoms with Crippen LogP contribution in [0.3, 0.4) is 0 Å². The van der Waals surface area contributed by atoms with E-state index in [4.69, 9.17) is 16.3 Å². The molecule has 0 spiro atoms. The molecule has 0 radical (unpaired) electrons. The van der Waals surface area contributed by atoms with Gasteiger partial charge in [0.15, 0.2) is 0 Å². The second-order valence-corrected chi connectivity index (χ2v) is 6.34. The van der Waals surface area contributed by atoms with Crippen molar-refractivity contribution in [2.45, 2.75) is 26.1 Å². The molecule has 1 nitrogen and oxygen atoms in total. The number of alkyl halides is 1. The third-order valence-corrected chi connectivity index (χ3v) is 4.95. The maximum Gasteiger partial charge on any atom is 0.124 e. The van der Waals surface area contributed by atoms with E-state index < -0.39 is 0 Å². The zero-order chi connectivity index (χ0) is 14.9. The lowest BCUT2D eigenvalue weighted by molar-refractivity contribution is 0.409. The molecule has 0 N–H and O–H groups in total. The largest absolute Gasteiger partial charge is 0.496 e. The molecule has 0 aliphatic heterocycles. The predicted molar refractivity (Wildman–Crippen MR) is 89.0 cm³/mol. The van der Waals surface area contributed by atoms with Gasteiger partial charge in [0, 0.05) is 10.0 Å². The van der Waals surface area contributed by atoms with Gasteiger partial charge in [-0.25, -0.2) is 0 Å². The topological polar surface area (TPSA) is 9.23 Å². The van der Waals surface area contributed by atoms with Crippen LogP contribution >= 0.6 is 27.5 Å². The molecule has 2 rings (SSSR count). The molecule has 0 aliphatic carbocycles. The molecule has 0 amide bonds. The minimum atomic E-state index is -0.221. The highest BCUT2D eigenvalue weighted by atomic mass is 79.9. The van der Waals surface area contributed by atoms with E-state index in [1.54, 1.807) is 7.11 Å². The van der Waals surface area contributed by atoms with E-state index >= 15 is 0 Å². The molecule has 106 valence electrons. The quantitative estimate of drug-likeness (QED) is 0.642. The first kappa shape index (κ1) is 15.4. The molecule has 2 aromatic carbocycles. The van der Waals surface area contributed by atoms with Gasteiger partial charge in [-0.05, 0) is 55.2 Å². The van der Waals surface area contributed by atoms with Crippen molar-refractivity contribution in [2.75, 3.05) is 7.11 Å². The van der Waals surface area contributed by atoms with Crippen molar-refractivity contribution in [3.8, 4) is 5.75 Å². The Kier molecular flexibility index (Phi) is 4.77. The van der Waals surface area contributed by atoms with Crippen molar-refractivity contribution in [1.82, 2.24) is 0 Å². The fourth-order valence-corrected chi connectivity index (χ4v) is 2.81. The maximum atomic E-state index is 6.66. The van der Waals surface area contributed by atoms with Gasteiger partial charge in [-0.1, -0.05) is 34.1 Å². The van der Waals surface area contributed by atoms with Crippen LogP contribution in [0.1, 0.15) is 33.2 Å². The third-order valence-electron chi connectivity index (χ3n) is 3.61. The summed E-state index contributed by atoms with van der Waals surface area (Å²) in [5, 5.41) is -0.221. The standard InChI is InChI=1S/C17H18BrClO/c1-10-5-6-13(7-11(10)2)17(19)14-9-15(18)12(3)8-16(14)20-4/h5-9,17H,1-4H3. The molecule has 0 heterocycles. The molecule has 0 bridgehead atoms. The molecule has 1 unspecified atom stereocenters. The highest BCUT2D eigenvalue weighted by Crippen LogP contribution is 2.38. The van der Waals surface area contributed by atoms with E-state index in [2.05, 4.69) is 48.0 Å². The van der Waals surface area contributed by atoms with Gasteiger partial charge in [0.2, 0.25) is 0 Å². The Labute approximate surface area is 134 Å². The van der Waals surface area contributed by atoms with Crippen molar-refractivity contribution in [3.63, 3.8) is 0 Å². The molecule has 0 aliphatic rings. The summed E-state index contributed by atoms with van der Waals surface area (Å²) < 4.78 is 6.52. The van der Waals surface area contributed by atoms with Crippen LogP contribution in [0.4, 0.5) is 0 Å². The zero-order valence-corrected chi connectivity index (χ0v) is 14.5. The number of methoxy groups -OCH3 is 1. The van der Waals surface area contributed by atoms with Gasteiger partial charge >= 0.3 is 0 Å². The van der Waals surface area contributed by atoms with E-state index in [-0.39, 0.29) is 5.38 Å². The average molecular weight is 354 g/mol. The maximum absolute atomic E-state index is 6.66. The van der Waals surface area contributed by atoms with Crippen LogP contribution in [0.2, 0.25) is 0 Å². The molecule has 1 atom stereocenters. The Balaban J connectivity index is 2.49. The number of benzene rings is 2. The van der Waals surface area contributed by atoms with Gasteiger partial charge in [-0.2, -0.15) is 0 Å². The summed E-state index contributed by atoms with van der Waals surface area (Å²) in [5.41, 5.74) is 5.72. The molecule has 0 saturated heterocycles. The van der Waals surface area contributed by atoms with Crippen molar-refractivity contribution in [3.05, 3.63) is 62.6 Å². The van der Waals surface area contributed by atoms with Gasteiger partial charge in [0.25, 0.3) is 0 Å². The Morgan fingerprint density at radius 2 is 1.70 bits per heavy atom. The van der Waals surface area contributed by atoms with Crippen LogP contribution in [-0.2, 0) is 0 Å². The lowest BCUT2D eigenvalue weighted by Gasteiger charge is -2.17. The fraction of sp³-hybridized carbons (Fsp3) is 0.294. The second kappa shape index (κ2) is 6.19. The Morgan fingerprint density at radius 1 is 1.00 bits per heavy atom. The number of rotatable bonds is 3. The molecule has 0 saturated carbocycles. The third kappa shape index (κ3) is 3.02. The molecule has 20 heavy (non-hydrogen) atoms. The fourth-order valence-electron chi connectivity index (χ4n) is 2.15. The first-order valence-corrected chi connectivity index (χ1v) is 7.72. The summed E-state index contributed by atoms with van der Waals surface area (Å²) >= 11 is 10.2. The number of hydrogen-bond acceptors (Lipinski definition) is 1. The predicted octanol–water partition coefficient (Wildman–Crippen LogP) is 5.71. The van der Waals surface area contributed by atoms with Gasteiger partial charge in [-0.3, -0.25) is 0 Å². The minimum absolute atomic E-state index is 0.221. The Bertz CT molecular complexity index is 637. The molecule has 0 aromatic heterocycles. The molecular formula is C17H18BrClO. The molecule has 2 aromatic rings. The van der Waals surface area contributed by atoms with E-state index in [1.807, 2.05) is 19.1 Å². The first-order valence-electron chi connectivity index (χ1n) is 6.49. The summed E-state index contributed by atoms with van der Waals surface area (Å²) in [7, 11) is 1.68. The monoisotopic (exact) mass is 352 g/mol. The van der Waals surface area contributed by atoms with Gasteiger partial charge in [-0.15, -0.1) is 11.6 Å². The summed E-state index contributed by atoms with van der Waals surface area (Å²) in [6, 6.07) is 10.4. The van der Waals surface area contributed by atoms with Gasteiger partial charge < -0.3 is 4.74 Å². The minimum Gasteiger partial charge on any atom is -0.496 e. The van der Waals surface area contributed by atoms with Crippen molar-refractivity contribution < 1.29 is 4.74 Å². The first-order chi connectivity index (χ1) is 9.43. The number of ether oxygens (including phenoxy) is 1. The van der Waals surface area contributed by atoms with Crippen LogP contribution in [0.25, 0.3) is 0 Å². The molecular weight excluding hydrogens is 336 g/mol. The Morgan fingerprint density at radius 3 is 2.30 bits per heavy atom. The van der Waals surface area contributed by atoms with Crippen LogP contribution in [0, 0.1) is 20.8 Å². The van der Waals surface area contributed by atoms with Crippen LogP contribution in [0.15, 0.2) is 34.8 Å².